The number of hydrogen-bond acceptors (Lipinski definition) is 4. The number of nitrogens with one attached hydrogen (secondary N) is 1. The number of aromatic nitrogens is 4. The largest absolute Gasteiger partial charge is 0.324 e. The molecule has 0 aromatic carbocycles. The van der Waals surface area contributed by atoms with Gasteiger partial charge in [0.2, 0.25) is 5.95 Å². The molecule has 1 N–H and O–H groups in total. The van der Waals surface area contributed by atoms with E-state index in [4.69, 9.17) is 0 Å². The van der Waals surface area contributed by atoms with E-state index in [1.165, 1.54) is 11.0 Å². The highest BCUT2D eigenvalue weighted by Crippen LogP contribution is 2.31. The smallest absolute Gasteiger partial charge is 0.316 e. The van der Waals surface area contributed by atoms with Gasteiger partial charge in [0.05, 0.1) is 11.7 Å². The van der Waals surface area contributed by atoms with Crippen LogP contribution in [0.3, 0.4) is 0 Å². The molecule has 3 rings (SSSR count). The Morgan fingerprint density at radius 2 is 2.29 bits per heavy atom. The Morgan fingerprint density at radius 3 is 3.00 bits per heavy atom. The lowest BCUT2D eigenvalue weighted by Crippen LogP contribution is -2.35. The topological polar surface area (TPSA) is 75.9 Å². The molecule has 7 nitrogen and oxygen atoms in total. The zero-order valence-electron chi connectivity index (χ0n) is 12.2. The van der Waals surface area contributed by atoms with Gasteiger partial charge in [0.15, 0.2) is 0 Å². The summed E-state index contributed by atoms with van der Waals surface area (Å²) in [6.45, 7) is 2.69. The van der Waals surface area contributed by atoms with Crippen LogP contribution in [0.4, 0.5) is 10.7 Å². The minimum absolute atomic E-state index is 0.0260. The highest BCUT2D eigenvalue weighted by molar-refractivity contribution is 5.88. The summed E-state index contributed by atoms with van der Waals surface area (Å²) < 4.78 is 1.54. The van der Waals surface area contributed by atoms with Crippen LogP contribution in [0.5, 0.6) is 0 Å². The van der Waals surface area contributed by atoms with Crippen LogP contribution in [-0.4, -0.2) is 37.2 Å². The first-order valence-corrected chi connectivity index (χ1v) is 7.00. The van der Waals surface area contributed by atoms with E-state index in [1.807, 2.05) is 30.0 Å². The number of anilines is 1. The van der Waals surface area contributed by atoms with Gasteiger partial charge in [-0.1, -0.05) is 6.07 Å². The van der Waals surface area contributed by atoms with Gasteiger partial charge < -0.3 is 4.90 Å². The number of rotatable bonds is 2. The molecule has 0 spiro atoms. The fraction of sp³-hybridized carbons (Fsp3) is 0.429. The van der Waals surface area contributed by atoms with Crippen molar-refractivity contribution in [3.63, 3.8) is 0 Å². The predicted octanol–water partition coefficient (Wildman–Crippen LogP) is 1.89. The molecular weight excluding hydrogens is 268 g/mol. The van der Waals surface area contributed by atoms with Crippen molar-refractivity contribution in [3.05, 3.63) is 35.9 Å². The summed E-state index contributed by atoms with van der Waals surface area (Å²) in [5.74, 6) is 0.447. The van der Waals surface area contributed by atoms with Crippen molar-refractivity contribution in [3.8, 4) is 0 Å². The minimum Gasteiger partial charge on any atom is -0.316 e. The van der Waals surface area contributed by atoms with Crippen molar-refractivity contribution in [2.45, 2.75) is 25.8 Å². The summed E-state index contributed by atoms with van der Waals surface area (Å²) in [4.78, 5) is 22.8. The Bertz CT molecular complexity index is 652. The summed E-state index contributed by atoms with van der Waals surface area (Å²) >= 11 is 0. The molecular formula is C14H18N6O. The molecule has 0 radical (unpaired) electrons. The fourth-order valence-corrected chi connectivity index (χ4v) is 2.64. The van der Waals surface area contributed by atoms with Crippen molar-refractivity contribution in [2.24, 2.45) is 7.05 Å². The minimum atomic E-state index is -0.156. The van der Waals surface area contributed by atoms with Crippen LogP contribution in [0, 0.1) is 6.92 Å². The average Bonchev–Trinajstić information content (AvgIpc) is 3.08. The number of pyridine rings is 1. The molecule has 1 fully saturated rings. The number of amides is 2. The van der Waals surface area contributed by atoms with E-state index < -0.39 is 0 Å². The first-order valence-electron chi connectivity index (χ1n) is 7.00. The number of aryl methyl sites for hydroxylation is 2. The van der Waals surface area contributed by atoms with Crippen molar-refractivity contribution >= 4 is 12.0 Å². The van der Waals surface area contributed by atoms with Gasteiger partial charge in [-0.05, 0) is 31.9 Å². The Morgan fingerprint density at radius 1 is 1.43 bits per heavy atom. The molecule has 1 aliphatic rings. The monoisotopic (exact) mass is 286 g/mol. The Labute approximate surface area is 123 Å². The molecule has 1 saturated heterocycles. The van der Waals surface area contributed by atoms with E-state index >= 15 is 0 Å². The van der Waals surface area contributed by atoms with Crippen LogP contribution in [-0.2, 0) is 7.05 Å². The normalized spacial score (nSPS) is 18.0. The fourth-order valence-electron chi connectivity index (χ4n) is 2.64. The number of carbonyl (C=O) groups is 1. The lowest BCUT2D eigenvalue weighted by Gasteiger charge is -2.24. The maximum Gasteiger partial charge on any atom is 0.324 e. The lowest BCUT2D eigenvalue weighted by molar-refractivity contribution is 0.205. The van der Waals surface area contributed by atoms with E-state index in [0.29, 0.717) is 5.95 Å². The molecule has 21 heavy (non-hydrogen) atoms. The van der Waals surface area contributed by atoms with Crippen molar-refractivity contribution in [2.75, 3.05) is 11.9 Å². The van der Waals surface area contributed by atoms with Gasteiger partial charge in [0.1, 0.15) is 6.33 Å². The van der Waals surface area contributed by atoms with E-state index in [0.717, 1.165) is 30.8 Å². The molecule has 2 aromatic rings. The first-order chi connectivity index (χ1) is 10.1. The average molecular weight is 286 g/mol. The van der Waals surface area contributed by atoms with Gasteiger partial charge in [0, 0.05) is 19.3 Å². The molecule has 110 valence electrons. The zero-order chi connectivity index (χ0) is 14.8. The number of carbonyl (C=O) groups excluding carboxylic acids is 1. The van der Waals surface area contributed by atoms with Gasteiger partial charge in [-0.15, -0.1) is 0 Å². The lowest BCUT2D eigenvalue weighted by atomic mass is 10.1. The standard InChI is InChI=1S/C14H18N6O/c1-10-5-3-6-11(17-10)12-7-4-8-20(12)14(21)18-13-15-9-16-19(13)2/h3,5-6,9,12H,4,7-8H2,1-2H3,(H,15,16,18,21). The second-order valence-electron chi connectivity index (χ2n) is 5.19. The van der Waals surface area contributed by atoms with E-state index in [-0.39, 0.29) is 12.1 Å². The van der Waals surface area contributed by atoms with Crippen LogP contribution >= 0.6 is 0 Å². The van der Waals surface area contributed by atoms with Gasteiger partial charge in [-0.25, -0.2) is 9.48 Å². The van der Waals surface area contributed by atoms with Crippen molar-refractivity contribution < 1.29 is 4.79 Å². The first kappa shape index (κ1) is 13.5. The molecule has 3 heterocycles. The maximum absolute atomic E-state index is 12.4. The highest BCUT2D eigenvalue weighted by atomic mass is 16.2. The van der Waals surface area contributed by atoms with Crippen LogP contribution in [0.25, 0.3) is 0 Å². The molecule has 1 atom stereocenters. The van der Waals surface area contributed by atoms with E-state index in [2.05, 4.69) is 20.4 Å². The molecule has 2 amide bonds. The summed E-state index contributed by atoms with van der Waals surface area (Å²) in [7, 11) is 1.74. The number of hydrogen-bond donors (Lipinski definition) is 1. The van der Waals surface area contributed by atoms with E-state index in [9.17, 15) is 4.79 Å². The Hall–Kier alpha value is -2.44. The third kappa shape index (κ3) is 2.72. The summed E-state index contributed by atoms with van der Waals surface area (Å²) in [5.41, 5.74) is 1.91. The van der Waals surface area contributed by atoms with Crippen LogP contribution < -0.4 is 5.32 Å². The SMILES string of the molecule is Cc1cccc(C2CCCN2C(=O)Nc2ncnn2C)n1. The quantitative estimate of drug-likeness (QED) is 0.914. The number of urea groups is 1. The van der Waals surface area contributed by atoms with Gasteiger partial charge in [0.25, 0.3) is 0 Å². The third-order valence-electron chi connectivity index (χ3n) is 3.70. The van der Waals surface area contributed by atoms with Crippen molar-refractivity contribution in [1.29, 1.82) is 0 Å². The molecule has 0 aliphatic carbocycles. The van der Waals surface area contributed by atoms with Gasteiger partial charge >= 0.3 is 6.03 Å². The highest BCUT2D eigenvalue weighted by Gasteiger charge is 2.31. The molecule has 0 saturated carbocycles. The Balaban J connectivity index is 1.77. The summed E-state index contributed by atoms with van der Waals surface area (Å²) in [6.07, 6.45) is 3.33. The number of nitrogens with zero attached hydrogens (tertiary/aromatic N) is 5. The summed E-state index contributed by atoms with van der Waals surface area (Å²) in [5, 5.41) is 6.74. The van der Waals surface area contributed by atoms with Crippen LogP contribution in [0.1, 0.15) is 30.3 Å². The second kappa shape index (κ2) is 5.51. The third-order valence-corrected chi connectivity index (χ3v) is 3.70. The maximum atomic E-state index is 12.4. The second-order valence-corrected chi connectivity index (χ2v) is 5.19. The molecule has 0 bridgehead atoms. The zero-order valence-corrected chi connectivity index (χ0v) is 12.2. The van der Waals surface area contributed by atoms with Crippen LogP contribution in [0.2, 0.25) is 0 Å². The molecule has 1 unspecified atom stereocenters. The van der Waals surface area contributed by atoms with Crippen molar-refractivity contribution in [1.82, 2.24) is 24.6 Å². The van der Waals surface area contributed by atoms with E-state index in [1.54, 1.807) is 7.05 Å². The Kier molecular flexibility index (Phi) is 3.55. The van der Waals surface area contributed by atoms with Gasteiger partial charge in [-0.3, -0.25) is 10.3 Å². The molecule has 1 aliphatic heterocycles. The van der Waals surface area contributed by atoms with Crippen LogP contribution in [0.15, 0.2) is 24.5 Å². The molecule has 2 aromatic heterocycles. The molecule has 7 heteroatoms. The van der Waals surface area contributed by atoms with Gasteiger partial charge in [-0.2, -0.15) is 10.1 Å². The summed E-state index contributed by atoms with van der Waals surface area (Å²) in [6, 6.07) is 5.79. The number of likely N-dealkylation sites (tertiary alicyclic amines) is 1. The predicted molar refractivity (Wildman–Crippen MR) is 77.7 cm³/mol.